The maximum absolute atomic E-state index is 11.3. The van der Waals surface area contributed by atoms with Crippen molar-refractivity contribution in [1.29, 1.82) is 0 Å². The Morgan fingerprint density at radius 2 is 2.21 bits per heavy atom. The SMILES string of the molecule is C[C@H](CNc1nc(-c2ccccc2Cl)cs1)[S@](C)=O. The van der Waals surface area contributed by atoms with E-state index in [-0.39, 0.29) is 5.25 Å². The summed E-state index contributed by atoms with van der Waals surface area (Å²) < 4.78 is 11.3. The number of nitrogens with one attached hydrogen (secondary N) is 1. The first kappa shape index (κ1) is 14.5. The summed E-state index contributed by atoms with van der Waals surface area (Å²) in [6.45, 7) is 2.60. The van der Waals surface area contributed by atoms with Crippen LogP contribution in [-0.4, -0.2) is 27.2 Å². The van der Waals surface area contributed by atoms with Crippen LogP contribution in [0.25, 0.3) is 11.3 Å². The Balaban J connectivity index is 2.08. The Bertz CT molecular complexity index is 586. The van der Waals surface area contributed by atoms with Gasteiger partial charge in [0.25, 0.3) is 0 Å². The molecule has 0 aliphatic heterocycles. The van der Waals surface area contributed by atoms with Crippen molar-refractivity contribution in [1.82, 2.24) is 4.98 Å². The van der Waals surface area contributed by atoms with E-state index in [4.69, 9.17) is 11.6 Å². The largest absolute Gasteiger partial charge is 0.360 e. The van der Waals surface area contributed by atoms with Crippen LogP contribution in [0.5, 0.6) is 0 Å². The molecule has 0 aliphatic carbocycles. The van der Waals surface area contributed by atoms with Gasteiger partial charge in [-0.15, -0.1) is 11.3 Å². The van der Waals surface area contributed by atoms with Crippen LogP contribution in [0.1, 0.15) is 6.92 Å². The first-order valence-electron chi connectivity index (χ1n) is 5.84. The van der Waals surface area contributed by atoms with Crippen molar-refractivity contribution in [2.75, 3.05) is 18.1 Å². The summed E-state index contributed by atoms with van der Waals surface area (Å²) in [6, 6.07) is 7.64. The molecule has 19 heavy (non-hydrogen) atoms. The van der Waals surface area contributed by atoms with E-state index in [9.17, 15) is 4.21 Å². The molecule has 1 N–H and O–H groups in total. The average Bonchev–Trinajstić information content (AvgIpc) is 2.85. The molecule has 0 aliphatic rings. The fourth-order valence-corrected chi connectivity index (χ4v) is 2.77. The van der Waals surface area contributed by atoms with Gasteiger partial charge in [-0.05, 0) is 13.0 Å². The number of nitrogens with zero attached hydrogens (tertiary/aromatic N) is 1. The van der Waals surface area contributed by atoms with E-state index in [2.05, 4.69) is 10.3 Å². The highest BCUT2D eigenvalue weighted by Gasteiger charge is 2.10. The summed E-state index contributed by atoms with van der Waals surface area (Å²) in [5.41, 5.74) is 1.80. The maximum Gasteiger partial charge on any atom is 0.183 e. The number of rotatable bonds is 5. The van der Waals surface area contributed by atoms with Crippen LogP contribution in [0, 0.1) is 0 Å². The van der Waals surface area contributed by atoms with E-state index in [1.807, 2.05) is 36.6 Å². The Morgan fingerprint density at radius 3 is 2.89 bits per heavy atom. The van der Waals surface area contributed by atoms with Crippen molar-refractivity contribution < 1.29 is 4.21 Å². The van der Waals surface area contributed by atoms with Crippen LogP contribution in [0.3, 0.4) is 0 Å². The minimum atomic E-state index is -0.824. The van der Waals surface area contributed by atoms with Gasteiger partial charge in [-0.2, -0.15) is 0 Å². The van der Waals surface area contributed by atoms with Crippen molar-refractivity contribution in [3.8, 4) is 11.3 Å². The molecule has 0 unspecified atom stereocenters. The zero-order valence-electron chi connectivity index (χ0n) is 10.7. The molecule has 2 rings (SSSR count). The topological polar surface area (TPSA) is 42.0 Å². The molecule has 1 heterocycles. The predicted octanol–water partition coefficient (Wildman–Crippen LogP) is 3.64. The van der Waals surface area contributed by atoms with Gasteiger partial charge < -0.3 is 5.32 Å². The molecule has 0 spiro atoms. The predicted molar refractivity (Wildman–Crippen MR) is 84.6 cm³/mol. The third-order valence-corrected chi connectivity index (χ3v) is 5.19. The normalized spacial score (nSPS) is 14.1. The summed E-state index contributed by atoms with van der Waals surface area (Å²) in [5.74, 6) is 0. The second-order valence-corrected chi connectivity index (χ2v) is 7.28. The van der Waals surface area contributed by atoms with E-state index in [0.717, 1.165) is 16.4 Å². The van der Waals surface area contributed by atoms with Crippen molar-refractivity contribution in [2.24, 2.45) is 0 Å². The van der Waals surface area contributed by atoms with Crippen LogP contribution in [0.2, 0.25) is 5.02 Å². The minimum absolute atomic E-state index is 0.104. The molecule has 2 atom stereocenters. The van der Waals surface area contributed by atoms with Gasteiger partial charge in [-0.1, -0.05) is 29.8 Å². The van der Waals surface area contributed by atoms with Gasteiger partial charge >= 0.3 is 0 Å². The molecule has 1 aromatic heterocycles. The van der Waals surface area contributed by atoms with Crippen LogP contribution >= 0.6 is 22.9 Å². The Morgan fingerprint density at radius 1 is 1.47 bits per heavy atom. The highest BCUT2D eigenvalue weighted by atomic mass is 35.5. The lowest BCUT2D eigenvalue weighted by atomic mass is 10.2. The zero-order chi connectivity index (χ0) is 13.8. The molecule has 3 nitrogen and oxygen atoms in total. The van der Waals surface area contributed by atoms with E-state index in [1.165, 1.54) is 11.3 Å². The highest BCUT2D eigenvalue weighted by Crippen LogP contribution is 2.30. The quantitative estimate of drug-likeness (QED) is 0.916. The first-order valence-corrected chi connectivity index (χ1v) is 8.72. The second kappa shape index (κ2) is 6.50. The number of anilines is 1. The van der Waals surface area contributed by atoms with Gasteiger partial charge in [-0.3, -0.25) is 4.21 Å². The van der Waals surface area contributed by atoms with Crippen LogP contribution in [-0.2, 0) is 10.8 Å². The summed E-state index contributed by atoms with van der Waals surface area (Å²) in [4.78, 5) is 4.50. The minimum Gasteiger partial charge on any atom is -0.360 e. The summed E-state index contributed by atoms with van der Waals surface area (Å²) in [7, 11) is -0.824. The van der Waals surface area contributed by atoms with E-state index < -0.39 is 10.8 Å². The van der Waals surface area contributed by atoms with Crippen molar-refractivity contribution >= 4 is 38.9 Å². The van der Waals surface area contributed by atoms with Crippen molar-refractivity contribution in [3.63, 3.8) is 0 Å². The van der Waals surface area contributed by atoms with Gasteiger partial charge in [0.2, 0.25) is 0 Å². The summed E-state index contributed by atoms with van der Waals surface area (Å²) >= 11 is 7.67. The lowest BCUT2D eigenvalue weighted by Crippen LogP contribution is -2.20. The second-order valence-electron chi connectivity index (χ2n) is 4.21. The van der Waals surface area contributed by atoms with E-state index in [1.54, 1.807) is 6.26 Å². The molecule has 0 amide bonds. The number of hydrogen-bond acceptors (Lipinski definition) is 4. The number of benzene rings is 1. The lowest BCUT2D eigenvalue weighted by Gasteiger charge is -2.08. The number of thiazole rings is 1. The molecule has 0 bridgehead atoms. The lowest BCUT2D eigenvalue weighted by molar-refractivity contribution is 0.679. The van der Waals surface area contributed by atoms with E-state index >= 15 is 0 Å². The molecule has 2 aromatic rings. The van der Waals surface area contributed by atoms with Gasteiger partial charge in [0.05, 0.1) is 5.69 Å². The molecule has 0 saturated carbocycles. The summed E-state index contributed by atoms with van der Waals surface area (Å²) in [5, 5.41) is 6.80. The zero-order valence-corrected chi connectivity index (χ0v) is 13.1. The molecule has 0 fully saturated rings. The molecule has 1 aromatic carbocycles. The molecule has 0 saturated heterocycles. The Labute approximate surface area is 124 Å². The highest BCUT2D eigenvalue weighted by molar-refractivity contribution is 7.84. The molecular formula is C13H15ClN2OS2. The number of hydrogen-bond donors (Lipinski definition) is 1. The molecule has 0 radical (unpaired) electrons. The van der Waals surface area contributed by atoms with Gasteiger partial charge in [0.15, 0.2) is 5.13 Å². The smallest absolute Gasteiger partial charge is 0.183 e. The first-order chi connectivity index (χ1) is 9.08. The van der Waals surface area contributed by atoms with Gasteiger partial charge in [-0.25, -0.2) is 4.98 Å². The third kappa shape index (κ3) is 3.78. The Kier molecular flexibility index (Phi) is 4.96. The average molecular weight is 315 g/mol. The standard InChI is InChI=1S/C13H15ClN2OS2/c1-9(19(2)17)7-15-13-16-12(8-18-13)10-5-3-4-6-11(10)14/h3-6,8-9H,7H2,1-2H3,(H,15,16)/t9-,19+/m1/s1. The summed E-state index contributed by atoms with van der Waals surface area (Å²) in [6.07, 6.45) is 1.71. The van der Waals surface area contributed by atoms with Crippen LogP contribution in [0.15, 0.2) is 29.6 Å². The van der Waals surface area contributed by atoms with Gasteiger partial charge in [0.1, 0.15) is 0 Å². The molecule has 102 valence electrons. The molecular weight excluding hydrogens is 300 g/mol. The van der Waals surface area contributed by atoms with Crippen LogP contribution in [0.4, 0.5) is 5.13 Å². The van der Waals surface area contributed by atoms with Crippen molar-refractivity contribution in [2.45, 2.75) is 12.2 Å². The Hall–Kier alpha value is -0.910. The third-order valence-electron chi connectivity index (χ3n) is 2.76. The fourth-order valence-electron chi connectivity index (χ4n) is 1.50. The number of aromatic nitrogens is 1. The monoisotopic (exact) mass is 314 g/mol. The van der Waals surface area contributed by atoms with E-state index in [0.29, 0.717) is 11.6 Å². The molecule has 6 heteroatoms. The van der Waals surface area contributed by atoms with Crippen LogP contribution < -0.4 is 5.32 Å². The maximum atomic E-state index is 11.3. The fraction of sp³-hybridized carbons (Fsp3) is 0.308. The van der Waals surface area contributed by atoms with Crippen molar-refractivity contribution in [3.05, 3.63) is 34.7 Å². The van der Waals surface area contributed by atoms with Gasteiger partial charge in [0, 0.05) is 44.8 Å². The number of halogens is 1.